The SMILES string of the molecule is N#Cc1ccc(NN2C(C(O)c3cc(C(F)(F)F)cc(C(F)(F)F)c3)C=CC3C(=O)N(c4ccccc4)C(=O)C32)cc1. The maximum absolute atomic E-state index is 13.7. The van der Waals surface area contributed by atoms with Crippen LogP contribution in [-0.2, 0) is 21.9 Å². The third-order valence-corrected chi connectivity index (χ3v) is 7.02. The van der Waals surface area contributed by atoms with Crippen molar-refractivity contribution in [3.05, 3.63) is 107 Å². The minimum absolute atomic E-state index is 0.0490. The number of imide groups is 1. The first-order chi connectivity index (χ1) is 19.8. The molecule has 216 valence electrons. The smallest absolute Gasteiger partial charge is 0.386 e. The first-order valence-corrected chi connectivity index (χ1v) is 12.4. The predicted octanol–water partition coefficient (Wildman–Crippen LogP) is 5.45. The van der Waals surface area contributed by atoms with E-state index >= 15 is 0 Å². The quantitative estimate of drug-likeness (QED) is 0.234. The summed E-state index contributed by atoms with van der Waals surface area (Å²) in [4.78, 5) is 28.0. The van der Waals surface area contributed by atoms with Gasteiger partial charge >= 0.3 is 12.4 Å². The summed E-state index contributed by atoms with van der Waals surface area (Å²) in [7, 11) is 0. The maximum Gasteiger partial charge on any atom is 0.416 e. The van der Waals surface area contributed by atoms with Crippen LogP contribution in [0.2, 0.25) is 0 Å². The molecule has 2 heterocycles. The highest BCUT2D eigenvalue weighted by atomic mass is 19.4. The number of nitriles is 1. The average molecular weight is 586 g/mol. The van der Waals surface area contributed by atoms with E-state index in [1.54, 1.807) is 18.2 Å². The van der Waals surface area contributed by atoms with Gasteiger partial charge in [-0.25, -0.2) is 9.91 Å². The minimum Gasteiger partial charge on any atom is -0.386 e. The number of hydrazine groups is 1. The monoisotopic (exact) mass is 586 g/mol. The van der Waals surface area contributed by atoms with Gasteiger partial charge < -0.3 is 10.5 Å². The van der Waals surface area contributed by atoms with E-state index < -0.39 is 65.0 Å². The van der Waals surface area contributed by atoms with E-state index in [4.69, 9.17) is 5.26 Å². The lowest BCUT2D eigenvalue weighted by Crippen LogP contribution is -2.55. The number of hydrogen-bond acceptors (Lipinski definition) is 6. The number of aliphatic hydroxyl groups is 1. The molecule has 1 fully saturated rings. The number of rotatable bonds is 5. The molecule has 4 unspecified atom stereocenters. The van der Waals surface area contributed by atoms with Gasteiger partial charge in [0.1, 0.15) is 6.04 Å². The van der Waals surface area contributed by atoms with Crippen molar-refractivity contribution in [1.29, 1.82) is 5.26 Å². The van der Waals surface area contributed by atoms with E-state index in [2.05, 4.69) is 5.43 Å². The number of fused-ring (bicyclic) bond motifs is 1. The third kappa shape index (κ3) is 5.34. The van der Waals surface area contributed by atoms with Gasteiger partial charge in [-0.05, 0) is 60.2 Å². The van der Waals surface area contributed by atoms with Crippen molar-refractivity contribution in [2.24, 2.45) is 5.92 Å². The van der Waals surface area contributed by atoms with Gasteiger partial charge in [-0.3, -0.25) is 9.59 Å². The molecule has 1 saturated heterocycles. The topological polar surface area (TPSA) is 96.7 Å². The molecule has 2 aliphatic rings. The first kappa shape index (κ1) is 28.8. The average Bonchev–Trinajstić information content (AvgIpc) is 3.22. The Balaban J connectivity index is 1.59. The fraction of sp³-hybridized carbons (Fsp3) is 0.207. The summed E-state index contributed by atoms with van der Waals surface area (Å²) in [5, 5.41) is 21.5. The van der Waals surface area contributed by atoms with Crippen LogP contribution in [0.4, 0.5) is 37.7 Å². The molecule has 0 spiro atoms. The standard InChI is InChI=1S/C29H20F6N4O3/c30-28(31,32)18-12-17(13-19(14-18)29(33,34)35)25(40)23-11-10-22-24(39(23)37-20-8-6-16(15-36)7-9-20)27(42)38(26(22)41)21-4-2-1-3-5-21/h1-14,22-25,37,40H. The molecule has 5 rings (SSSR count). The van der Waals surface area contributed by atoms with Crippen molar-refractivity contribution in [2.45, 2.75) is 30.5 Å². The molecule has 4 atom stereocenters. The molecule has 2 aliphatic heterocycles. The minimum atomic E-state index is -5.15. The Labute approximate surface area is 234 Å². The summed E-state index contributed by atoms with van der Waals surface area (Å²) in [6.45, 7) is 0. The molecule has 0 aliphatic carbocycles. The van der Waals surface area contributed by atoms with Crippen molar-refractivity contribution in [2.75, 3.05) is 10.3 Å². The molecule has 0 radical (unpaired) electrons. The highest BCUT2D eigenvalue weighted by Gasteiger charge is 2.54. The zero-order chi connectivity index (χ0) is 30.4. The fourth-order valence-electron chi connectivity index (χ4n) is 5.02. The Kier molecular flexibility index (Phi) is 7.30. The lowest BCUT2D eigenvalue weighted by Gasteiger charge is -2.40. The van der Waals surface area contributed by atoms with Gasteiger partial charge in [0.05, 0.1) is 46.5 Å². The van der Waals surface area contributed by atoms with Gasteiger partial charge in [-0.1, -0.05) is 30.4 Å². The number of amides is 2. The van der Waals surface area contributed by atoms with Crippen LogP contribution in [0.5, 0.6) is 0 Å². The number of carbonyl (C=O) groups excluding carboxylic acids is 2. The second-order valence-electron chi connectivity index (χ2n) is 9.69. The maximum atomic E-state index is 13.7. The van der Waals surface area contributed by atoms with Gasteiger partial charge in [0, 0.05) is 5.69 Å². The van der Waals surface area contributed by atoms with Crippen molar-refractivity contribution in [1.82, 2.24) is 5.01 Å². The number of nitrogens with one attached hydrogen (secondary N) is 1. The van der Waals surface area contributed by atoms with Crippen LogP contribution in [0.3, 0.4) is 0 Å². The number of benzene rings is 3. The Bertz CT molecular complexity index is 1550. The number of alkyl halides is 6. The largest absolute Gasteiger partial charge is 0.416 e. The van der Waals surface area contributed by atoms with E-state index in [1.165, 1.54) is 48.6 Å². The van der Waals surface area contributed by atoms with Crippen LogP contribution >= 0.6 is 0 Å². The molecule has 0 bridgehead atoms. The summed E-state index contributed by atoms with van der Waals surface area (Å²) < 4.78 is 81.3. The van der Waals surface area contributed by atoms with Crippen LogP contribution < -0.4 is 10.3 Å². The van der Waals surface area contributed by atoms with Crippen LogP contribution in [0, 0.1) is 17.2 Å². The summed E-state index contributed by atoms with van der Waals surface area (Å²) in [5.41, 5.74) is -0.210. The van der Waals surface area contributed by atoms with E-state index in [-0.39, 0.29) is 17.4 Å². The lowest BCUT2D eigenvalue weighted by atomic mass is 9.89. The highest BCUT2D eigenvalue weighted by molar-refractivity contribution is 6.24. The van der Waals surface area contributed by atoms with Gasteiger partial charge in [0.15, 0.2) is 0 Å². The summed E-state index contributed by atoms with van der Waals surface area (Å²) in [6, 6.07) is 13.7. The third-order valence-electron chi connectivity index (χ3n) is 7.02. The molecule has 3 aromatic rings. The molecular formula is C29H20F6N4O3. The van der Waals surface area contributed by atoms with Crippen molar-refractivity contribution in [3.8, 4) is 6.07 Å². The van der Waals surface area contributed by atoms with E-state index in [0.717, 1.165) is 9.91 Å². The van der Waals surface area contributed by atoms with Gasteiger partial charge in [-0.2, -0.15) is 31.6 Å². The molecule has 0 saturated carbocycles. The number of aliphatic hydroxyl groups excluding tert-OH is 1. The van der Waals surface area contributed by atoms with Crippen LogP contribution in [0.25, 0.3) is 0 Å². The summed E-state index contributed by atoms with van der Waals surface area (Å²) in [5.74, 6) is -2.41. The lowest BCUT2D eigenvalue weighted by molar-refractivity contribution is -0.143. The number of nitrogens with zero attached hydrogens (tertiary/aromatic N) is 3. The van der Waals surface area contributed by atoms with Crippen LogP contribution in [0.1, 0.15) is 28.4 Å². The molecule has 0 aromatic heterocycles. The normalized spacial score (nSPS) is 21.7. The molecule has 2 amide bonds. The van der Waals surface area contributed by atoms with Crippen molar-refractivity contribution in [3.63, 3.8) is 0 Å². The number of anilines is 2. The zero-order valence-electron chi connectivity index (χ0n) is 21.3. The van der Waals surface area contributed by atoms with E-state index in [9.17, 15) is 41.0 Å². The fourth-order valence-corrected chi connectivity index (χ4v) is 5.02. The van der Waals surface area contributed by atoms with Gasteiger partial charge in [0.25, 0.3) is 5.91 Å². The molecule has 13 heteroatoms. The first-order valence-electron chi connectivity index (χ1n) is 12.4. The molecule has 42 heavy (non-hydrogen) atoms. The predicted molar refractivity (Wildman–Crippen MR) is 137 cm³/mol. The van der Waals surface area contributed by atoms with Crippen LogP contribution in [0.15, 0.2) is 84.9 Å². The number of para-hydroxylation sites is 1. The summed E-state index contributed by atoms with van der Waals surface area (Å²) >= 11 is 0. The van der Waals surface area contributed by atoms with E-state index in [1.807, 2.05) is 6.07 Å². The van der Waals surface area contributed by atoms with E-state index in [0.29, 0.717) is 17.7 Å². The molecular weight excluding hydrogens is 566 g/mol. The van der Waals surface area contributed by atoms with Crippen LogP contribution in [-0.4, -0.2) is 34.0 Å². The summed E-state index contributed by atoms with van der Waals surface area (Å²) in [6.07, 6.45) is -9.72. The number of hydrogen-bond donors (Lipinski definition) is 2. The number of carbonyl (C=O) groups is 2. The second kappa shape index (κ2) is 10.6. The Morgan fingerprint density at radius 1 is 0.833 bits per heavy atom. The second-order valence-corrected chi connectivity index (χ2v) is 9.69. The zero-order valence-corrected chi connectivity index (χ0v) is 21.3. The Morgan fingerprint density at radius 3 is 1.98 bits per heavy atom. The Morgan fingerprint density at radius 2 is 1.43 bits per heavy atom. The van der Waals surface area contributed by atoms with Gasteiger partial charge in [-0.15, -0.1) is 0 Å². The van der Waals surface area contributed by atoms with Crippen molar-refractivity contribution < 1.29 is 41.0 Å². The molecule has 2 N–H and O–H groups in total. The van der Waals surface area contributed by atoms with Gasteiger partial charge in [0.2, 0.25) is 5.91 Å². The number of halogens is 6. The van der Waals surface area contributed by atoms with Crippen molar-refractivity contribution >= 4 is 23.2 Å². The molecule has 7 nitrogen and oxygen atoms in total. The highest BCUT2D eigenvalue weighted by Crippen LogP contribution is 2.41. The Hall–Kier alpha value is -4.67. The molecule has 3 aromatic carbocycles.